The van der Waals surface area contributed by atoms with Crippen LogP contribution in [0.1, 0.15) is 19.8 Å². The molecule has 20 heavy (non-hydrogen) atoms. The first kappa shape index (κ1) is 15.3. The Balaban J connectivity index is 1.83. The van der Waals surface area contributed by atoms with Gasteiger partial charge in [-0.1, -0.05) is 6.92 Å². The lowest BCUT2D eigenvalue weighted by Crippen LogP contribution is -2.58. The van der Waals surface area contributed by atoms with E-state index < -0.39 is 0 Å². The molecule has 2 aliphatic heterocycles. The Hall–Kier alpha value is -1.14. The van der Waals surface area contributed by atoms with Crippen LogP contribution in [0.3, 0.4) is 0 Å². The summed E-state index contributed by atoms with van der Waals surface area (Å²) in [7, 11) is 1.52. The van der Waals surface area contributed by atoms with Gasteiger partial charge in [-0.3, -0.25) is 9.59 Å². The summed E-state index contributed by atoms with van der Waals surface area (Å²) < 4.78 is 4.86. The van der Waals surface area contributed by atoms with E-state index in [4.69, 9.17) is 4.74 Å². The van der Waals surface area contributed by atoms with Crippen LogP contribution in [0.25, 0.3) is 0 Å². The summed E-state index contributed by atoms with van der Waals surface area (Å²) in [5.41, 5.74) is 0. The van der Waals surface area contributed by atoms with Gasteiger partial charge in [0.05, 0.1) is 6.04 Å². The molecule has 0 aliphatic carbocycles. The smallest absolute Gasteiger partial charge is 0.248 e. The Labute approximate surface area is 120 Å². The van der Waals surface area contributed by atoms with E-state index in [-0.39, 0.29) is 24.5 Å². The molecule has 0 saturated carbocycles. The Morgan fingerprint density at radius 1 is 1.20 bits per heavy atom. The number of carbonyl (C=O) groups is 2. The fourth-order valence-corrected chi connectivity index (χ4v) is 2.97. The molecule has 0 aromatic carbocycles. The molecular weight excluding hydrogens is 258 g/mol. The number of methoxy groups -OCH3 is 1. The van der Waals surface area contributed by atoms with E-state index in [0.717, 1.165) is 19.4 Å². The summed E-state index contributed by atoms with van der Waals surface area (Å²) in [6, 6.07) is -0.0509. The topological polar surface area (TPSA) is 61.9 Å². The average molecular weight is 283 g/mol. The number of nitrogens with zero attached hydrogens (tertiary/aromatic N) is 2. The predicted molar refractivity (Wildman–Crippen MR) is 75.2 cm³/mol. The third kappa shape index (κ3) is 3.49. The molecule has 2 amide bonds. The van der Waals surface area contributed by atoms with Crippen molar-refractivity contribution >= 4 is 11.8 Å². The van der Waals surface area contributed by atoms with Gasteiger partial charge in [0, 0.05) is 33.3 Å². The second-order valence-electron chi connectivity index (χ2n) is 5.69. The molecule has 2 aliphatic rings. The van der Waals surface area contributed by atoms with Gasteiger partial charge in [-0.25, -0.2) is 0 Å². The van der Waals surface area contributed by atoms with Crippen LogP contribution in [0, 0.1) is 5.92 Å². The van der Waals surface area contributed by atoms with Crippen molar-refractivity contribution in [3.63, 3.8) is 0 Å². The van der Waals surface area contributed by atoms with Crippen molar-refractivity contribution in [1.29, 1.82) is 0 Å². The second kappa shape index (κ2) is 7.04. The highest BCUT2D eigenvalue weighted by atomic mass is 16.5. The van der Waals surface area contributed by atoms with Gasteiger partial charge in [-0.05, 0) is 25.3 Å². The van der Waals surface area contributed by atoms with E-state index in [2.05, 4.69) is 12.2 Å². The molecule has 2 unspecified atom stereocenters. The monoisotopic (exact) mass is 283 g/mol. The summed E-state index contributed by atoms with van der Waals surface area (Å²) >= 11 is 0. The molecule has 0 aromatic rings. The van der Waals surface area contributed by atoms with E-state index >= 15 is 0 Å². The third-order valence-corrected chi connectivity index (χ3v) is 4.25. The quantitative estimate of drug-likeness (QED) is 0.772. The van der Waals surface area contributed by atoms with Crippen molar-refractivity contribution in [3.8, 4) is 0 Å². The minimum absolute atomic E-state index is 0.00348. The van der Waals surface area contributed by atoms with Crippen LogP contribution in [-0.4, -0.2) is 74.1 Å². The maximum Gasteiger partial charge on any atom is 0.248 e. The zero-order chi connectivity index (χ0) is 14.5. The third-order valence-electron chi connectivity index (χ3n) is 4.25. The Morgan fingerprint density at radius 2 is 1.85 bits per heavy atom. The standard InChI is InChI=1S/C14H25N3O3/c1-11-4-3-5-15-13(11)14(19)17-8-6-16(7-9-17)12(18)10-20-2/h11,13,15H,3-10H2,1-2H3. The van der Waals surface area contributed by atoms with E-state index in [1.165, 1.54) is 7.11 Å². The number of piperidine rings is 1. The van der Waals surface area contributed by atoms with Gasteiger partial charge >= 0.3 is 0 Å². The summed E-state index contributed by atoms with van der Waals surface area (Å²) in [5, 5.41) is 3.33. The molecule has 2 fully saturated rings. The lowest BCUT2D eigenvalue weighted by Gasteiger charge is -2.38. The van der Waals surface area contributed by atoms with E-state index in [1.54, 1.807) is 4.90 Å². The van der Waals surface area contributed by atoms with Crippen molar-refractivity contribution in [2.24, 2.45) is 5.92 Å². The Bertz CT molecular complexity index is 354. The van der Waals surface area contributed by atoms with Crippen molar-refractivity contribution in [3.05, 3.63) is 0 Å². The number of amides is 2. The number of hydrogen-bond donors (Lipinski definition) is 1. The largest absolute Gasteiger partial charge is 0.375 e. The summed E-state index contributed by atoms with van der Waals surface area (Å²) in [5.74, 6) is 0.587. The highest BCUT2D eigenvalue weighted by Crippen LogP contribution is 2.18. The molecule has 6 heteroatoms. The van der Waals surface area contributed by atoms with Crippen molar-refractivity contribution in [1.82, 2.24) is 15.1 Å². The van der Waals surface area contributed by atoms with Gasteiger partial charge in [0.1, 0.15) is 6.61 Å². The average Bonchev–Trinajstić information content (AvgIpc) is 2.47. The number of piperazine rings is 1. The lowest BCUT2D eigenvalue weighted by molar-refractivity contribution is -0.143. The van der Waals surface area contributed by atoms with Crippen LogP contribution in [0.2, 0.25) is 0 Å². The zero-order valence-corrected chi connectivity index (χ0v) is 12.4. The van der Waals surface area contributed by atoms with Gasteiger partial charge in [0.2, 0.25) is 11.8 Å². The highest BCUT2D eigenvalue weighted by molar-refractivity contribution is 5.83. The second-order valence-corrected chi connectivity index (χ2v) is 5.69. The minimum Gasteiger partial charge on any atom is -0.375 e. The fourth-order valence-electron chi connectivity index (χ4n) is 2.97. The predicted octanol–water partition coefficient (Wildman–Crippen LogP) is -0.308. The van der Waals surface area contributed by atoms with Crippen LogP contribution >= 0.6 is 0 Å². The van der Waals surface area contributed by atoms with Crippen molar-refractivity contribution in [2.75, 3.05) is 46.4 Å². The van der Waals surface area contributed by atoms with E-state index in [0.29, 0.717) is 32.1 Å². The first-order chi connectivity index (χ1) is 9.63. The molecule has 0 radical (unpaired) electrons. The first-order valence-corrected chi connectivity index (χ1v) is 7.42. The van der Waals surface area contributed by atoms with Crippen LogP contribution in [0.15, 0.2) is 0 Å². The van der Waals surface area contributed by atoms with Gasteiger partial charge < -0.3 is 19.9 Å². The number of hydrogen-bond acceptors (Lipinski definition) is 4. The van der Waals surface area contributed by atoms with E-state index in [9.17, 15) is 9.59 Å². The Kier molecular flexibility index (Phi) is 5.37. The van der Waals surface area contributed by atoms with Gasteiger partial charge in [-0.2, -0.15) is 0 Å². The molecule has 1 N–H and O–H groups in total. The highest BCUT2D eigenvalue weighted by Gasteiger charge is 2.32. The minimum atomic E-state index is -0.0509. The molecule has 2 heterocycles. The molecule has 2 saturated heterocycles. The number of carbonyl (C=O) groups excluding carboxylic acids is 2. The number of nitrogens with one attached hydrogen (secondary N) is 1. The molecule has 0 aromatic heterocycles. The molecule has 0 bridgehead atoms. The lowest BCUT2D eigenvalue weighted by atomic mass is 9.91. The van der Waals surface area contributed by atoms with Crippen molar-refractivity contribution in [2.45, 2.75) is 25.8 Å². The Morgan fingerprint density at radius 3 is 2.45 bits per heavy atom. The molecule has 6 nitrogen and oxygen atoms in total. The van der Waals surface area contributed by atoms with Crippen LogP contribution in [0.4, 0.5) is 0 Å². The summed E-state index contributed by atoms with van der Waals surface area (Å²) in [6.45, 7) is 5.64. The molecule has 114 valence electrons. The van der Waals surface area contributed by atoms with Crippen LogP contribution in [0.5, 0.6) is 0 Å². The number of rotatable bonds is 3. The van der Waals surface area contributed by atoms with E-state index in [1.807, 2.05) is 4.90 Å². The van der Waals surface area contributed by atoms with Crippen LogP contribution < -0.4 is 5.32 Å². The zero-order valence-electron chi connectivity index (χ0n) is 12.4. The molecule has 2 atom stereocenters. The number of ether oxygens (including phenoxy) is 1. The van der Waals surface area contributed by atoms with Crippen LogP contribution in [-0.2, 0) is 14.3 Å². The summed E-state index contributed by atoms with van der Waals surface area (Å²) in [4.78, 5) is 27.9. The molecule has 0 spiro atoms. The molecule has 2 rings (SSSR count). The summed E-state index contributed by atoms with van der Waals surface area (Å²) in [6.07, 6.45) is 2.25. The maximum absolute atomic E-state index is 12.5. The fraction of sp³-hybridized carbons (Fsp3) is 0.857. The van der Waals surface area contributed by atoms with Gasteiger partial charge in [0.15, 0.2) is 0 Å². The maximum atomic E-state index is 12.5. The van der Waals surface area contributed by atoms with Gasteiger partial charge in [0.25, 0.3) is 0 Å². The SMILES string of the molecule is COCC(=O)N1CCN(C(=O)C2NCCCC2C)CC1. The normalized spacial score (nSPS) is 27.5. The van der Waals surface area contributed by atoms with Gasteiger partial charge in [-0.15, -0.1) is 0 Å². The first-order valence-electron chi connectivity index (χ1n) is 7.42. The molecular formula is C14H25N3O3. The van der Waals surface area contributed by atoms with Crippen molar-refractivity contribution < 1.29 is 14.3 Å².